The van der Waals surface area contributed by atoms with Crippen LogP contribution in [0.4, 0.5) is 0 Å². The van der Waals surface area contributed by atoms with Crippen molar-refractivity contribution in [3.8, 4) is 0 Å². The first-order valence-corrected chi connectivity index (χ1v) is 18.3. The number of alkyl halides is 1. The standard InChI is InChI=1S/C37H63ClO14/c1-36(2,34(40)51-11-10-39)30-33(32-8-6-5-7-9-32)31-37(3,38)35(41)52-29-28-50-27-26-49-25-24-48-23-22-47-21-20-46-19-18-45-17-16-44-15-14-43-13-12-42-4/h5-9,33,39H,10-31H2,1-4H3. The summed E-state index contributed by atoms with van der Waals surface area (Å²) in [7, 11) is 1.64. The molecule has 2 atom stereocenters. The van der Waals surface area contributed by atoms with E-state index in [4.69, 9.17) is 68.8 Å². The second-order valence-electron chi connectivity index (χ2n) is 12.5. The highest BCUT2D eigenvalue weighted by atomic mass is 35.5. The van der Waals surface area contributed by atoms with Crippen LogP contribution in [0.2, 0.25) is 0 Å². The summed E-state index contributed by atoms with van der Waals surface area (Å²) in [6.07, 6.45) is 0.629. The minimum atomic E-state index is -1.33. The number of hydrogen-bond acceptors (Lipinski definition) is 14. The van der Waals surface area contributed by atoms with E-state index in [1.54, 1.807) is 27.9 Å². The predicted molar refractivity (Wildman–Crippen MR) is 194 cm³/mol. The molecule has 0 aliphatic heterocycles. The lowest BCUT2D eigenvalue weighted by Gasteiger charge is -2.32. The van der Waals surface area contributed by atoms with Crippen LogP contribution in [0, 0.1) is 5.41 Å². The summed E-state index contributed by atoms with van der Waals surface area (Å²) >= 11 is 6.71. The summed E-state index contributed by atoms with van der Waals surface area (Å²) in [5, 5.41) is 9.03. The van der Waals surface area contributed by atoms with Crippen LogP contribution in [0.5, 0.6) is 0 Å². The highest BCUT2D eigenvalue weighted by molar-refractivity contribution is 6.33. The van der Waals surface area contributed by atoms with Crippen molar-refractivity contribution < 1.29 is 66.8 Å². The molecule has 0 saturated heterocycles. The number of hydrogen-bond donors (Lipinski definition) is 1. The molecule has 1 aromatic rings. The molecule has 1 rings (SSSR count). The van der Waals surface area contributed by atoms with E-state index < -0.39 is 22.2 Å². The van der Waals surface area contributed by atoms with Crippen molar-refractivity contribution in [1.29, 1.82) is 0 Å². The zero-order chi connectivity index (χ0) is 38.2. The molecule has 0 aliphatic rings. The van der Waals surface area contributed by atoms with Crippen molar-refractivity contribution in [2.75, 3.05) is 139 Å². The number of rotatable bonds is 36. The van der Waals surface area contributed by atoms with Crippen molar-refractivity contribution in [2.24, 2.45) is 5.41 Å². The van der Waals surface area contributed by atoms with E-state index in [2.05, 4.69) is 0 Å². The maximum atomic E-state index is 12.9. The number of halogens is 1. The second kappa shape index (κ2) is 31.4. The molecule has 0 saturated carbocycles. The third kappa shape index (κ3) is 25.1. The summed E-state index contributed by atoms with van der Waals surface area (Å²) in [4.78, 5) is 24.2. The van der Waals surface area contributed by atoms with Crippen LogP contribution >= 0.6 is 11.6 Å². The molecule has 0 bridgehead atoms. The number of methoxy groups -OCH3 is 1. The Morgan fingerprint density at radius 2 is 0.923 bits per heavy atom. The van der Waals surface area contributed by atoms with E-state index in [1.807, 2.05) is 30.3 Å². The molecule has 1 aromatic carbocycles. The van der Waals surface area contributed by atoms with Crippen molar-refractivity contribution in [1.82, 2.24) is 0 Å². The first kappa shape index (κ1) is 48.1. The smallest absolute Gasteiger partial charge is 0.327 e. The molecule has 0 amide bonds. The zero-order valence-electron chi connectivity index (χ0n) is 31.7. The topological polar surface area (TPSA) is 156 Å². The second-order valence-corrected chi connectivity index (χ2v) is 13.3. The molecule has 0 radical (unpaired) electrons. The van der Waals surface area contributed by atoms with Crippen LogP contribution in [0.1, 0.15) is 45.1 Å². The van der Waals surface area contributed by atoms with Gasteiger partial charge < -0.3 is 57.2 Å². The van der Waals surface area contributed by atoms with Crippen molar-refractivity contribution >= 4 is 23.5 Å². The first-order chi connectivity index (χ1) is 25.1. The molecule has 15 heteroatoms. The van der Waals surface area contributed by atoms with Crippen LogP contribution in [0.15, 0.2) is 30.3 Å². The fraction of sp³-hybridized carbons (Fsp3) is 0.784. The molecule has 52 heavy (non-hydrogen) atoms. The van der Waals surface area contributed by atoms with Crippen molar-refractivity contribution in [3.05, 3.63) is 35.9 Å². The number of ether oxygens (including phenoxy) is 11. The van der Waals surface area contributed by atoms with Crippen LogP contribution in [-0.4, -0.2) is 161 Å². The predicted octanol–water partition coefficient (Wildman–Crippen LogP) is 3.43. The molecule has 2 unspecified atom stereocenters. The number of aliphatic hydroxyl groups is 1. The normalized spacial score (nSPS) is 13.5. The third-order valence-electron chi connectivity index (χ3n) is 7.46. The minimum absolute atomic E-state index is 0.0422. The monoisotopic (exact) mass is 766 g/mol. The van der Waals surface area contributed by atoms with Crippen molar-refractivity contribution in [2.45, 2.75) is 44.4 Å². The Bertz CT molecular complexity index is 998. The Labute approximate surface area is 314 Å². The Morgan fingerprint density at radius 1 is 0.558 bits per heavy atom. The molecule has 14 nitrogen and oxygen atoms in total. The van der Waals surface area contributed by atoms with Crippen LogP contribution in [-0.2, 0) is 61.7 Å². The van der Waals surface area contributed by atoms with Gasteiger partial charge in [0, 0.05) is 7.11 Å². The molecular formula is C37H63ClO14. The van der Waals surface area contributed by atoms with Gasteiger partial charge in [0.05, 0.1) is 124 Å². The van der Waals surface area contributed by atoms with Gasteiger partial charge in [-0.3, -0.25) is 9.59 Å². The quantitative estimate of drug-likeness (QED) is 0.0602. The van der Waals surface area contributed by atoms with Gasteiger partial charge >= 0.3 is 11.9 Å². The number of aliphatic hydroxyl groups excluding tert-OH is 1. The Kier molecular flexibility index (Phi) is 29.0. The largest absolute Gasteiger partial charge is 0.463 e. The van der Waals surface area contributed by atoms with E-state index in [1.165, 1.54) is 0 Å². The first-order valence-electron chi connectivity index (χ1n) is 17.9. The minimum Gasteiger partial charge on any atom is -0.463 e. The van der Waals surface area contributed by atoms with Gasteiger partial charge in [-0.1, -0.05) is 30.3 Å². The summed E-state index contributed by atoms with van der Waals surface area (Å²) in [5.74, 6) is -1.22. The highest BCUT2D eigenvalue weighted by Gasteiger charge is 2.40. The Morgan fingerprint density at radius 3 is 1.31 bits per heavy atom. The van der Waals surface area contributed by atoms with Gasteiger partial charge in [0.1, 0.15) is 18.1 Å². The van der Waals surface area contributed by atoms with Gasteiger partial charge in [-0.05, 0) is 45.1 Å². The van der Waals surface area contributed by atoms with Crippen molar-refractivity contribution in [3.63, 3.8) is 0 Å². The molecule has 0 aliphatic carbocycles. The maximum Gasteiger partial charge on any atom is 0.327 e. The van der Waals surface area contributed by atoms with E-state index in [0.29, 0.717) is 112 Å². The summed E-state index contributed by atoms with van der Waals surface area (Å²) < 4.78 is 59.1. The number of benzene rings is 1. The highest BCUT2D eigenvalue weighted by Crippen LogP contribution is 2.40. The molecule has 302 valence electrons. The van der Waals surface area contributed by atoms with Gasteiger partial charge in [0.15, 0.2) is 0 Å². The number of carbonyl (C=O) groups excluding carboxylic acids is 2. The van der Waals surface area contributed by atoms with E-state index in [-0.39, 0.29) is 38.8 Å². The molecule has 0 fully saturated rings. The van der Waals surface area contributed by atoms with Gasteiger partial charge in [0.25, 0.3) is 0 Å². The van der Waals surface area contributed by atoms with Gasteiger partial charge in [-0.15, -0.1) is 11.6 Å². The molecule has 0 heterocycles. The molecule has 0 aromatic heterocycles. The average molecular weight is 767 g/mol. The molecule has 1 N–H and O–H groups in total. The molecular weight excluding hydrogens is 704 g/mol. The lowest BCUT2D eigenvalue weighted by Crippen LogP contribution is -2.36. The van der Waals surface area contributed by atoms with Crippen LogP contribution < -0.4 is 0 Å². The summed E-state index contributed by atoms with van der Waals surface area (Å²) in [6, 6.07) is 9.58. The average Bonchev–Trinajstić information content (AvgIpc) is 3.13. The zero-order valence-corrected chi connectivity index (χ0v) is 32.4. The number of carbonyl (C=O) groups is 2. The Balaban J connectivity index is 2.03. The maximum absolute atomic E-state index is 12.9. The fourth-order valence-electron chi connectivity index (χ4n) is 4.74. The lowest BCUT2D eigenvalue weighted by atomic mass is 9.76. The van der Waals surface area contributed by atoms with Gasteiger partial charge in [0.2, 0.25) is 0 Å². The number of esters is 2. The summed E-state index contributed by atoms with van der Waals surface area (Å²) in [5.41, 5.74) is 0.0793. The summed E-state index contributed by atoms with van der Waals surface area (Å²) in [6.45, 7) is 12.7. The van der Waals surface area contributed by atoms with Crippen LogP contribution in [0.25, 0.3) is 0 Å². The molecule has 0 spiro atoms. The Hall–Kier alpha value is -1.95. The SMILES string of the molecule is COCCOCCOCCOCCOCCOCCOCCOCCOCCOC(=O)C(C)(Cl)CC(CC(C)(C)C(=O)OCCO)c1ccccc1. The third-order valence-corrected chi connectivity index (χ3v) is 7.77. The van der Waals surface area contributed by atoms with Crippen LogP contribution in [0.3, 0.4) is 0 Å². The van der Waals surface area contributed by atoms with Gasteiger partial charge in [-0.25, -0.2) is 0 Å². The lowest BCUT2D eigenvalue weighted by molar-refractivity contribution is -0.155. The van der Waals surface area contributed by atoms with E-state index in [0.717, 1.165) is 5.56 Å². The van der Waals surface area contributed by atoms with Gasteiger partial charge in [-0.2, -0.15) is 0 Å². The fourth-order valence-corrected chi connectivity index (χ4v) is 4.98. The van der Waals surface area contributed by atoms with E-state index >= 15 is 0 Å². The van der Waals surface area contributed by atoms with E-state index in [9.17, 15) is 9.59 Å².